The number of fused-ring (bicyclic) bond motifs is 2. The summed E-state index contributed by atoms with van der Waals surface area (Å²) < 4.78 is 44.3. The SMILES string of the molecule is CCc1nc2c(F)c(-c3ccc(F)c4sc(N)c(C#N)c34)c(Cl)c3c2c(c1C#N)CC(C1CCNC1)CCC3.FC1CC2CCCN2C1. The van der Waals surface area contributed by atoms with Crippen molar-refractivity contribution in [1.29, 1.82) is 10.5 Å². The molecule has 3 aliphatic heterocycles. The van der Waals surface area contributed by atoms with E-state index in [4.69, 9.17) is 22.3 Å². The lowest BCUT2D eigenvalue weighted by Crippen LogP contribution is -2.23. The molecule has 0 bridgehead atoms. The summed E-state index contributed by atoms with van der Waals surface area (Å²) in [5, 5.41) is 24.8. The van der Waals surface area contributed by atoms with Gasteiger partial charge in [0.1, 0.15) is 34.6 Å². The van der Waals surface area contributed by atoms with Crippen LogP contribution in [-0.4, -0.2) is 48.3 Å². The van der Waals surface area contributed by atoms with Crippen molar-refractivity contribution >= 4 is 48.9 Å². The van der Waals surface area contributed by atoms with Gasteiger partial charge < -0.3 is 11.1 Å². The Labute approximate surface area is 287 Å². The minimum Gasteiger partial charge on any atom is -0.389 e. The molecule has 0 spiro atoms. The molecule has 0 saturated carbocycles. The molecule has 4 aromatic rings. The van der Waals surface area contributed by atoms with Gasteiger partial charge in [-0.1, -0.05) is 24.6 Å². The van der Waals surface area contributed by atoms with Crippen LogP contribution in [0.5, 0.6) is 0 Å². The third kappa shape index (κ3) is 5.61. The number of nitrogens with zero attached hydrogens (tertiary/aromatic N) is 4. The maximum absolute atomic E-state index is 16.7. The van der Waals surface area contributed by atoms with E-state index in [9.17, 15) is 19.3 Å². The van der Waals surface area contributed by atoms with Crippen LogP contribution in [0.15, 0.2) is 12.1 Å². The Morgan fingerprint density at radius 3 is 2.60 bits per heavy atom. The van der Waals surface area contributed by atoms with Gasteiger partial charge in [-0.3, -0.25) is 4.90 Å². The summed E-state index contributed by atoms with van der Waals surface area (Å²) in [6.07, 6.45) is 7.50. The lowest BCUT2D eigenvalue weighted by atomic mass is 9.77. The summed E-state index contributed by atoms with van der Waals surface area (Å²) in [6, 6.07) is 7.77. The number of nitrogens with one attached hydrogen (secondary N) is 1. The number of pyridine rings is 1. The summed E-state index contributed by atoms with van der Waals surface area (Å²) in [4.78, 5) is 6.99. The van der Waals surface area contributed by atoms with Crippen molar-refractivity contribution in [2.24, 2.45) is 11.8 Å². The van der Waals surface area contributed by atoms with E-state index in [1.165, 1.54) is 25.0 Å². The number of alkyl halides is 1. The molecule has 2 aromatic heterocycles. The van der Waals surface area contributed by atoms with Crippen molar-refractivity contribution in [3.8, 4) is 23.3 Å². The molecule has 11 heteroatoms. The fourth-order valence-corrected chi connectivity index (χ4v) is 9.96. The number of nitrogens with two attached hydrogens (primary N) is 1. The molecule has 0 radical (unpaired) electrons. The molecule has 3 N–H and O–H groups in total. The maximum Gasteiger partial charge on any atom is 0.158 e. The molecular formula is C37H38ClF3N6S. The highest BCUT2D eigenvalue weighted by Gasteiger charge is 2.35. The van der Waals surface area contributed by atoms with Gasteiger partial charge in [-0.15, -0.1) is 11.3 Å². The van der Waals surface area contributed by atoms with Gasteiger partial charge >= 0.3 is 0 Å². The van der Waals surface area contributed by atoms with E-state index in [-0.39, 0.29) is 36.8 Å². The van der Waals surface area contributed by atoms with Crippen LogP contribution in [0.1, 0.15) is 73.4 Å². The van der Waals surface area contributed by atoms with Crippen LogP contribution in [0, 0.1) is 46.1 Å². The smallest absolute Gasteiger partial charge is 0.158 e. The molecule has 6 nitrogen and oxygen atoms in total. The summed E-state index contributed by atoms with van der Waals surface area (Å²) in [5.74, 6) is -0.271. The van der Waals surface area contributed by atoms with Gasteiger partial charge in [0.25, 0.3) is 0 Å². The number of hydrogen-bond donors (Lipinski definition) is 2. The number of thiophene rings is 1. The van der Waals surface area contributed by atoms with Crippen LogP contribution < -0.4 is 11.1 Å². The molecule has 48 heavy (non-hydrogen) atoms. The molecule has 8 rings (SSSR count). The number of halogens is 4. The molecule has 4 aliphatic rings. The fourth-order valence-electron chi connectivity index (χ4n) is 8.63. The van der Waals surface area contributed by atoms with Gasteiger partial charge in [0.05, 0.1) is 26.5 Å². The second-order valence-electron chi connectivity index (χ2n) is 13.6. The molecule has 0 amide bonds. The lowest BCUT2D eigenvalue weighted by Gasteiger charge is -2.29. The van der Waals surface area contributed by atoms with Gasteiger partial charge in [0.15, 0.2) is 5.82 Å². The first-order chi connectivity index (χ1) is 23.2. The quantitative estimate of drug-likeness (QED) is 0.225. The average Bonchev–Trinajstić information content (AvgIpc) is 3.87. The van der Waals surface area contributed by atoms with Crippen molar-refractivity contribution in [2.45, 2.75) is 76.9 Å². The molecular weight excluding hydrogens is 653 g/mol. The van der Waals surface area contributed by atoms with Crippen LogP contribution in [0.25, 0.3) is 32.1 Å². The minimum absolute atomic E-state index is 0.0980. The molecule has 4 atom stereocenters. The summed E-state index contributed by atoms with van der Waals surface area (Å²) in [6.45, 7) is 5.71. The monoisotopic (exact) mass is 690 g/mol. The summed E-state index contributed by atoms with van der Waals surface area (Å²) in [7, 11) is 0. The van der Waals surface area contributed by atoms with Crippen molar-refractivity contribution in [3.63, 3.8) is 0 Å². The van der Waals surface area contributed by atoms with Crippen molar-refractivity contribution in [2.75, 3.05) is 31.9 Å². The van der Waals surface area contributed by atoms with Gasteiger partial charge in [0, 0.05) is 28.9 Å². The largest absolute Gasteiger partial charge is 0.389 e. The third-order valence-corrected chi connectivity index (χ3v) is 12.4. The van der Waals surface area contributed by atoms with E-state index in [2.05, 4.69) is 22.4 Å². The Morgan fingerprint density at radius 1 is 1.08 bits per heavy atom. The Morgan fingerprint density at radius 2 is 1.90 bits per heavy atom. The molecule has 5 heterocycles. The Hall–Kier alpha value is -3.41. The normalized spacial score (nSPS) is 23.7. The van der Waals surface area contributed by atoms with E-state index in [1.807, 2.05) is 6.92 Å². The number of nitriles is 2. The van der Waals surface area contributed by atoms with Crippen LogP contribution in [0.4, 0.5) is 18.2 Å². The van der Waals surface area contributed by atoms with Crippen molar-refractivity contribution < 1.29 is 13.2 Å². The number of nitrogen functional groups attached to an aromatic ring is 1. The zero-order valence-electron chi connectivity index (χ0n) is 26.9. The number of rotatable bonds is 3. The Kier molecular flexibility index (Phi) is 9.30. The van der Waals surface area contributed by atoms with Crippen LogP contribution in [-0.2, 0) is 19.3 Å². The molecule has 2 aromatic carbocycles. The summed E-state index contributed by atoms with van der Waals surface area (Å²) >= 11 is 8.03. The van der Waals surface area contributed by atoms with Gasteiger partial charge in [-0.25, -0.2) is 18.2 Å². The number of aryl methyl sites for hydroxylation is 2. The predicted octanol–water partition coefficient (Wildman–Crippen LogP) is 8.23. The highest BCUT2D eigenvalue weighted by molar-refractivity contribution is 7.23. The fraction of sp³-hybridized carbons (Fsp3) is 0.486. The topological polar surface area (TPSA) is 102 Å². The molecule has 1 aliphatic carbocycles. The zero-order chi connectivity index (χ0) is 33.7. The number of aromatic nitrogens is 1. The van der Waals surface area contributed by atoms with Crippen molar-refractivity contribution in [1.82, 2.24) is 15.2 Å². The van der Waals surface area contributed by atoms with Crippen LogP contribution >= 0.6 is 22.9 Å². The first-order valence-electron chi connectivity index (χ1n) is 17.0. The first kappa shape index (κ1) is 33.1. The third-order valence-electron chi connectivity index (χ3n) is 10.9. The molecule has 3 saturated heterocycles. The van der Waals surface area contributed by atoms with Gasteiger partial charge in [-0.2, -0.15) is 10.5 Å². The summed E-state index contributed by atoms with van der Waals surface area (Å²) in [5.41, 5.74) is 9.44. The second-order valence-corrected chi connectivity index (χ2v) is 15.0. The van der Waals surface area contributed by atoms with Gasteiger partial charge in [-0.05, 0) is 112 Å². The van der Waals surface area contributed by atoms with Gasteiger partial charge in [0.2, 0.25) is 0 Å². The number of benzene rings is 2. The highest BCUT2D eigenvalue weighted by Crippen LogP contribution is 2.48. The van der Waals surface area contributed by atoms with E-state index in [0.717, 1.165) is 67.8 Å². The molecule has 4 unspecified atom stereocenters. The standard InChI is InChI=1S/C30H26ClF2N5S.C7H12FN/c1-2-22-19(11-34)18-10-14(15-8-9-37-13-15)4-3-5-17-23(18)28(38-22)27(33)25(26(17)31)16-6-7-21(32)29-24(16)20(12-35)30(36)39-29;8-6-4-7-2-1-3-9(7)5-6/h6-7,14-15,37H,2-5,8-10,13,36H2,1H3;6-7H,1-5H2. The maximum atomic E-state index is 16.7. The second kappa shape index (κ2) is 13.5. The number of anilines is 1. The predicted molar refractivity (Wildman–Crippen MR) is 186 cm³/mol. The minimum atomic E-state index is -0.625. The van der Waals surface area contributed by atoms with Crippen LogP contribution in [0.3, 0.4) is 0 Å². The lowest BCUT2D eigenvalue weighted by molar-refractivity contribution is 0.292. The number of hydrogen-bond acceptors (Lipinski definition) is 7. The average molecular weight is 691 g/mol. The Balaban J connectivity index is 0.000000347. The zero-order valence-corrected chi connectivity index (χ0v) is 28.5. The van der Waals surface area contributed by atoms with E-state index in [0.29, 0.717) is 65.9 Å². The molecule has 3 fully saturated rings. The van der Waals surface area contributed by atoms with E-state index in [1.54, 1.807) is 0 Å². The van der Waals surface area contributed by atoms with E-state index >= 15 is 4.39 Å². The first-order valence-corrected chi connectivity index (χ1v) is 18.2. The Bertz CT molecular complexity index is 1980. The highest BCUT2D eigenvalue weighted by atomic mass is 35.5. The van der Waals surface area contributed by atoms with Crippen molar-refractivity contribution in [3.05, 3.63) is 56.7 Å². The molecule has 250 valence electrons. The van der Waals surface area contributed by atoms with E-state index < -0.39 is 17.8 Å². The van der Waals surface area contributed by atoms with Crippen LogP contribution in [0.2, 0.25) is 5.02 Å².